The first-order valence-corrected chi connectivity index (χ1v) is 3.21. The first-order chi connectivity index (χ1) is 3.41. The van der Waals surface area contributed by atoms with Crippen molar-refractivity contribution in [1.29, 1.82) is 0 Å². The average molecular weight is 120 g/mol. The number of thioether (sulfide) groups is 1. The highest BCUT2D eigenvalue weighted by atomic mass is 32.2. The number of hydrogen-bond donors (Lipinski definition) is 1. The Morgan fingerprint density at radius 1 is 1.57 bits per heavy atom. The molecule has 44 valence electrons. The van der Waals surface area contributed by atoms with Crippen molar-refractivity contribution in [2.75, 3.05) is 20.4 Å². The van der Waals surface area contributed by atoms with Gasteiger partial charge >= 0.3 is 0 Å². The molecule has 0 unspecified atom stereocenters. The second-order valence-corrected chi connectivity index (χ2v) is 1.28. The third kappa shape index (κ3) is 24.2. The third-order valence-electron chi connectivity index (χ3n) is 0.211. The molecule has 2 N–H and O–H groups in total. The van der Waals surface area contributed by atoms with E-state index in [0.717, 1.165) is 0 Å². The van der Waals surface area contributed by atoms with Gasteiger partial charge in [-0.1, -0.05) is 0 Å². The maximum absolute atomic E-state index is 4.50. The van der Waals surface area contributed by atoms with Crippen LogP contribution in [0.3, 0.4) is 0 Å². The molecule has 2 nitrogen and oxygen atoms in total. The summed E-state index contributed by atoms with van der Waals surface area (Å²) in [5, 5.41) is 0. The van der Waals surface area contributed by atoms with Gasteiger partial charge in [-0.2, -0.15) is 0 Å². The van der Waals surface area contributed by atoms with Crippen LogP contribution in [0.25, 0.3) is 0 Å². The second-order valence-electron chi connectivity index (χ2n) is 0.599. The van der Waals surface area contributed by atoms with Crippen molar-refractivity contribution in [3.63, 3.8) is 0 Å². The van der Waals surface area contributed by atoms with Gasteiger partial charge in [-0.25, -0.2) is 0 Å². The van der Waals surface area contributed by atoms with Gasteiger partial charge in [0, 0.05) is 7.05 Å². The molecule has 0 saturated carbocycles. The molecule has 7 heavy (non-hydrogen) atoms. The molecule has 0 aromatic rings. The van der Waals surface area contributed by atoms with Gasteiger partial charge in [0.25, 0.3) is 0 Å². The molecule has 0 fully saturated rings. The van der Waals surface area contributed by atoms with Crippen molar-refractivity contribution in [3.8, 4) is 0 Å². The molecule has 0 aliphatic heterocycles. The van der Waals surface area contributed by atoms with Gasteiger partial charge < -0.3 is 5.73 Å². The number of rotatable bonds is 1. The lowest BCUT2D eigenvalue weighted by Gasteiger charge is -1.66. The maximum atomic E-state index is 4.50. The molecule has 0 bridgehead atoms. The fraction of sp³-hybridized carbons (Fsp3) is 0.750. The summed E-state index contributed by atoms with van der Waals surface area (Å²) in [6, 6.07) is 0. The van der Waals surface area contributed by atoms with Crippen LogP contribution in [0.4, 0.5) is 0 Å². The van der Waals surface area contributed by atoms with Crippen molar-refractivity contribution in [3.05, 3.63) is 0 Å². The summed E-state index contributed by atoms with van der Waals surface area (Å²) in [6.07, 6.45) is 1.98. The number of nitrogens with zero attached hydrogens (tertiary/aromatic N) is 1. The molecule has 0 radical (unpaired) electrons. The van der Waals surface area contributed by atoms with Gasteiger partial charge in [0.05, 0.1) is 5.55 Å². The molecule has 0 aliphatic rings. The Balaban J connectivity index is 0. The van der Waals surface area contributed by atoms with E-state index in [1.807, 2.05) is 6.26 Å². The van der Waals surface area contributed by atoms with Crippen LogP contribution in [0.1, 0.15) is 0 Å². The molecule has 0 spiro atoms. The third-order valence-corrected chi connectivity index (χ3v) is 0.632. The SMILES string of the molecule is CN.CN=CSC. The van der Waals surface area contributed by atoms with Crippen molar-refractivity contribution in [1.82, 2.24) is 0 Å². The lowest BCUT2D eigenvalue weighted by atomic mass is 11.4. The minimum atomic E-state index is 1.50. The van der Waals surface area contributed by atoms with Crippen molar-refractivity contribution < 1.29 is 0 Å². The van der Waals surface area contributed by atoms with Crippen LogP contribution in [0.2, 0.25) is 0 Å². The molecule has 0 heterocycles. The van der Waals surface area contributed by atoms with Crippen LogP contribution < -0.4 is 5.73 Å². The molecule has 0 atom stereocenters. The highest BCUT2D eigenvalue weighted by molar-refractivity contribution is 8.11. The van der Waals surface area contributed by atoms with Crippen LogP contribution in [0.5, 0.6) is 0 Å². The smallest absolute Gasteiger partial charge is 0.0534 e. The van der Waals surface area contributed by atoms with Crippen LogP contribution >= 0.6 is 11.8 Å². The van der Waals surface area contributed by atoms with E-state index in [-0.39, 0.29) is 0 Å². The zero-order valence-electron chi connectivity index (χ0n) is 5.01. The summed E-state index contributed by atoms with van der Waals surface area (Å²) in [4.78, 5) is 3.69. The normalized spacial score (nSPS) is 8.00. The predicted molar refractivity (Wildman–Crippen MR) is 38.0 cm³/mol. The van der Waals surface area contributed by atoms with Crippen molar-refractivity contribution in [2.24, 2.45) is 10.7 Å². The van der Waals surface area contributed by atoms with Gasteiger partial charge in [-0.15, -0.1) is 11.8 Å². The summed E-state index contributed by atoms with van der Waals surface area (Å²) >= 11 is 1.61. The summed E-state index contributed by atoms with van der Waals surface area (Å²) < 4.78 is 0. The van der Waals surface area contributed by atoms with Gasteiger partial charge in [0.2, 0.25) is 0 Å². The summed E-state index contributed by atoms with van der Waals surface area (Å²) in [5.74, 6) is 0. The van der Waals surface area contributed by atoms with E-state index < -0.39 is 0 Å². The summed E-state index contributed by atoms with van der Waals surface area (Å²) in [6.45, 7) is 0. The molecule has 0 aromatic carbocycles. The average Bonchev–Trinajstić information content (AvgIpc) is 1.75. The lowest BCUT2D eigenvalue weighted by molar-refractivity contribution is 1.48. The quantitative estimate of drug-likeness (QED) is 0.406. The zero-order chi connectivity index (χ0) is 6.12. The fourth-order valence-corrected chi connectivity index (χ4v) is 0.316. The van der Waals surface area contributed by atoms with Crippen LogP contribution in [-0.4, -0.2) is 25.9 Å². The van der Waals surface area contributed by atoms with Gasteiger partial charge in [-0.05, 0) is 13.3 Å². The monoisotopic (exact) mass is 120 g/mol. The molecule has 0 aliphatic carbocycles. The Morgan fingerprint density at radius 3 is 2.00 bits per heavy atom. The molecule has 0 aromatic heterocycles. The lowest BCUT2D eigenvalue weighted by Crippen LogP contribution is -1.69. The highest BCUT2D eigenvalue weighted by Gasteiger charge is 1.52. The Labute approximate surface area is 49.2 Å². The van der Waals surface area contributed by atoms with E-state index in [1.54, 1.807) is 24.4 Å². The van der Waals surface area contributed by atoms with E-state index >= 15 is 0 Å². The van der Waals surface area contributed by atoms with E-state index in [4.69, 9.17) is 0 Å². The summed E-state index contributed by atoms with van der Waals surface area (Å²) in [7, 11) is 3.26. The Morgan fingerprint density at radius 2 is 2.00 bits per heavy atom. The van der Waals surface area contributed by atoms with Crippen LogP contribution in [0, 0.1) is 0 Å². The van der Waals surface area contributed by atoms with Gasteiger partial charge in [0.15, 0.2) is 0 Å². The Hall–Kier alpha value is -0.0200. The molecule has 0 saturated heterocycles. The molecular formula is C4H12N2S. The second kappa shape index (κ2) is 16.7. The standard InChI is InChI=1S/C3H7NS.CH5N/c1-4-3-5-2;1-2/h3H,1-2H3;2H2,1H3. The molecule has 0 rings (SSSR count). The van der Waals surface area contributed by atoms with E-state index in [2.05, 4.69) is 10.7 Å². The number of hydrogen-bond acceptors (Lipinski definition) is 3. The molecular weight excluding hydrogens is 108 g/mol. The highest BCUT2D eigenvalue weighted by Crippen LogP contribution is 1.78. The minimum absolute atomic E-state index is 1.50. The van der Waals surface area contributed by atoms with Crippen molar-refractivity contribution >= 4 is 17.3 Å². The molecule has 0 amide bonds. The van der Waals surface area contributed by atoms with Crippen molar-refractivity contribution in [2.45, 2.75) is 0 Å². The van der Waals surface area contributed by atoms with Crippen LogP contribution in [-0.2, 0) is 0 Å². The first-order valence-electron chi connectivity index (χ1n) is 1.93. The van der Waals surface area contributed by atoms with Gasteiger partial charge in [-0.3, -0.25) is 4.99 Å². The largest absolute Gasteiger partial charge is 0.333 e. The molecule has 3 heteroatoms. The Bertz CT molecular complexity index is 36.7. The summed E-state index contributed by atoms with van der Waals surface area (Å²) in [5.41, 5.74) is 6.29. The fourth-order valence-electron chi connectivity index (χ4n) is 0.105. The van der Waals surface area contributed by atoms with Gasteiger partial charge in [0.1, 0.15) is 0 Å². The van der Waals surface area contributed by atoms with E-state index in [1.165, 1.54) is 7.05 Å². The number of nitrogens with two attached hydrogens (primary N) is 1. The minimum Gasteiger partial charge on any atom is -0.333 e. The maximum Gasteiger partial charge on any atom is 0.0534 e. The topological polar surface area (TPSA) is 38.4 Å². The van der Waals surface area contributed by atoms with E-state index in [0.29, 0.717) is 0 Å². The Kier molecular flexibility index (Phi) is 24.0. The van der Waals surface area contributed by atoms with E-state index in [9.17, 15) is 0 Å². The number of aliphatic imine (C=N–C) groups is 1. The zero-order valence-corrected chi connectivity index (χ0v) is 5.83. The predicted octanol–water partition coefficient (Wildman–Crippen LogP) is 0.582. The first kappa shape index (κ1) is 10.1. The van der Waals surface area contributed by atoms with Crippen LogP contribution in [0.15, 0.2) is 4.99 Å².